The number of aromatic nitrogens is 1. The van der Waals surface area contributed by atoms with E-state index in [1.54, 1.807) is 6.92 Å². The largest absolute Gasteiger partial charge is 0.523 e. The van der Waals surface area contributed by atoms with E-state index >= 15 is 0 Å². The van der Waals surface area contributed by atoms with Gasteiger partial charge in [0, 0.05) is 6.20 Å². The molecule has 0 atom stereocenters. The first-order valence-corrected chi connectivity index (χ1v) is 6.13. The van der Waals surface area contributed by atoms with Crippen LogP contribution in [0.3, 0.4) is 0 Å². The molecule has 0 amide bonds. The molecule has 0 aliphatic rings. The van der Waals surface area contributed by atoms with Crippen molar-refractivity contribution >= 4 is 10.1 Å². The summed E-state index contributed by atoms with van der Waals surface area (Å²) in [6, 6.07) is 2.13. The van der Waals surface area contributed by atoms with Crippen LogP contribution in [0, 0.1) is 6.92 Å². The molecular formula is C9H8F5NO3S. The molecular weight excluding hydrogens is 297 g/mol. The van der Waals surface area contributed by atoms with Crippen molar-refractivity contribution in [3.63, 3.8) is 0 Å². The molecule has 0 radical (unpaired) electrons. The summed E-state index contributed by atoms with van der Waals surface area (Å²) < 4.78 is 86.7. The Bertz CT molecular complexity index is 538. The lowest BCUT2D eigenvalue weighted by Gasteiger charge is -2.16. The third-order valence-electron chi connectivity index (χ3n) is 1.96. The molecule has 0 bridgehead atoms. The Labute approximate surface area is 105 Å². The third kappa shape index (κ3) is 3.83. The van der Waals surface area contributed by atoms with Crippen LogP contribution in [0.15, 0.2) is 18.3 Å². The third-order valence-corrected chi connectivity index (χ3v) is 2.96. The molecule has 4 nitrogen and oxygen atoms in total. The number of nitrogens with zero attached hydrogens (tertiary/aromatic N) is 1. The van der Waals surface area contributed by atoms with Crippen molar-refractivity contribution < 1.29 is 34.6 Å². The first kappa shape index (κ1) is 15.8. The van der Waals surface area contributed by atoms with Gasteiger partial charge in [-0.25, -0.2) is 0 Å². The van der Waals surface area contributed by atoms with E-state index in [2.05, 4.69) is 9.17 Å². The van der Waals surface area contributed by atoms with Gasteiger partial charge in [0.1, 0.15) is 12.3 Å². The first-order valence-electron chi connectivity index (χ1n) is 4.72. The van der Waals surface area contributed by atoms with E-state index in [1.165, 1.54) is 6.07 Å². The average molecular weight is 305 g/mol. The standard InChI is InChI=1S/C9H8F5NO3S/c1-6-2-3-7(15-4-6)8(10,11)5-18-19(16,17)9(12,13)14/h2-4H,5H2,1H3. The highest BCUT2D eigenvalue weighted by Crippen LogP contribution is 2.30. The van der Waals surface area contributed by atoms with Gasteiger partial charge in [0.05, 0.1) is 0 Å². The number of aryl methyl sites for hydroxylation is 1. The molecule has 0 saturated carbocycles. The quantitative estimate of drug-likeness (QED) is 0.487. The van der Waals surface area contributed by atoms with Crippen molar-refractivity contribution in [2.45, 2.75) is 18.4 Å². The molecule has 1 aromatic rings. The lowest BCUT2D eigenvalue weighted by Crippen LogP contribution is -2.31. The van der Waals surface area contributed by atoms with Gasteiger partial charge in [0.25, 0.3) is 0 Å². The summed E-state index contributed by atoms with van der Waals surface area (Å²) in [7, 11) is -6.05. The maximum Gasteiger partial charge on any atom is 0.523 e. The Morgan fingerprint density at radius 2 is 1.79 bits per heavy atom. The Balaban J connectivity index is 2.84. The SMILES string of the molecule is Cc1ccc(C(F)(F)COS(=O)(=O)C(F)(F)F)nc1. The summed E-state index contributed by atoms with van der Waals surface area (Å²) in [5, 5.41) is 0. The maximum absolute atomic E-state index is 13.4. The normalized spacial score (nSPS) is 13.6. The highest BCUT2D eigenvalue weighted by Gasteiger charge is 2.49. The monoisotopic (exact) mass is 305 g/mol. The Morgan fingerprint density at radius 1 is 1.21 bits per heavy atom. The molecule has 0 fully saturated rings. The topological polar surface area (TPSA) is 56.3 Å². The van der Waals surface area contributed by atoms with Gasteiger partial charge in [0.15, 0.2) is 0 Å². The van der Waals surface area contributed by atoms with E-state index in [0.717, 1.165) is 12.3 Å². The second-order valence-corrected chi connectivity index (χ2v) is 5.19. The molecule has 0 unspecified atom stereocenters. The molecule has 0 aliphatic heterocycles. The zero-order valence-electron chi connectivity index (χ0n) is 9.41. The molecule has 1 rings (SSSR count). The molecule has 1 heterocycles. The van der Waals surface area contributed by atoms with Crippen LogP contribution < -0.4 is 0 Å². The predicted molar refractivity (Wildman–Crippen MR) is 53.8 cm³/mol. The highest BCUT2D eigenvalue weighted by atomic mass is 32.2. The van der Waals surface area contributed by atoms with Crippen molar-refractivity contribution in [1.29, 1.82) is 0 Å². The molecule has 1 aromatic heterocycles. The van der Waals surface area contributed by atoms with Crippen molar-refractivity contribution in [2.24, 2.45) is 0 Å². The number of rotatable bonds is 4. The second kappa shape index (κ2) is 5.00. The molecule has 10 heteroatoms. The molecule has 108 valence electrons. The second-order valence-electron chi connectivity index (χ2n) is 3.59. The van der Waals surface area contributed by atoms with Gasteiger partial charge in [-0.15, -0.1) is 0 Å². The molecule has 0 saturated heterocycles. The summed E-state index contributed by atoms with van der Waals surface area (Å²) in [5.41, 5.74) is -6.07. The Morgan fingerprint density at radius 3 is 2.21 bits per heavy atom. The summed E-state index contributed by atoms with van der Waals surface area (Å²) in [5.74, 6) is -3.95. The number of halogens is 5. The van der Waals surface area contributed by atoms with E-state index in [-0.39, 0.29) is 0 Å². The van der Waals surface area contributed by atoms with Crippen molar-refractivity contribution in [2.75, 3.05) is 6.61 Å². The summed E-state index contributed by atoms with van der Waals surface area (Å²) in [6.45, 7) is -0.398. The van der Waals surface area contributed by atoms with Gasteiger partial charge in [-0.1, -0.05) is 6.07 Å². The van der Waals surface area contributed by atoms with E-state index in [1.807, 2.05) is 0 Å². The molecule has 0 N–H and O–H groups in total. The fourth-order valence-electron chi connectivity index (χ4n) is 0.977. The zero-order chi connectivity index (χ0) is 14.9. The van der Waals surface area contributed by atoms with Crippen LogP contribution in [0.1, 0.15) is 11.3 Å². The number of hydrogen-bond acceptors (Lipinski definition) is 4. The first-order chi connectivity index (χ1) is 8.46. The van der Waals surface area contributed by atoms with Gasteiger partial charge in [-0.05, 0) is 18.6 Å². The minimum atomic E-state index is -6.05. The van der Waals surface area contributed by atoms with Crippen molar-refractivity contribution in [3.05, 3.63) is 29.6 Å². The maximum atomic E-state index is 13.4. The lowest BCUT2D eigenvalue weighted by molar-refractivity contribution is -0.0762. The highest BCUT2D eigenvalue weighted by molar-refractivity contribution is 7.87. The van der Waals surface area contributed by atoms with Crippen LogP contribution >= 0.6 is 0 Å². The predicted octanol–water partition coefficient (Wildman–Crippen LogP) is 2.35. The smallest absolute Gasteiger partial charge is 0.256 e. The lowest BCUT2D eigenvalue weighted by atomic mass is 10.2. The summed E-state index contributed by atoms with van der Waals surface area (Å²) in [6.07, 6.45) is 1.07. The van der Waals surface area contributed by atoms with E-state index in [4.69, 9.17) is 0 Å². The fourth-order valence-corrected chi connectivity index (χ4v) is 1.41. The van der Waals surface area contributed by atoms with E-state index in [9.17, 15) is 30.4 Å². The molecule has 0 aromatic carbocycles. The molecule has 19 heavy (non-hydrogen) atoms. The number of pyridine rings is 1. The number of alkyl halides is 5. The minimum absolute atomic E-state index is 0.559. The fraction of sp³-hybridized carbons (Fsp3) is 0.444. The Kier molecular flexibility index (Phi) is 4.15. The van der Waals surface area contributed by atoms with Crippen LogP contribution in [0.25, 0.3) is 0 Å². The van der Waals surface area contributed by atoms with E-state index in [0.29, 0.717) is 5.56 Å². The van der Waals surface area contributed by atoms with Crippen LogP contribution in [0.4, 0.5) is 22.0 Å². The van der Waals surface area contributed by atoms with Gasteiger partial charge >= 0.3 is 21.5 Å². The molecule has 0 aliphatic carbocycles. The number of hydrogen-bond donors (Lipinski definition) is 0. The van der Waals surface area contributed by atoms with E-state index < -0.39 is 33.8 Å². The molecule has 0 spiro atoms. The van der Waals surface area contributed by atoms with Gasteiger partial charge in [-0.2, -0.15) is 30.4 Å². The average Bonchev–Trinajstić information content (AvgIpc) is 2.26. The van der Waals surface area contributed by atoms with Gasteiger partial charge in [0.2, 0.25) is 0 Å². The summed E-state index contributed by atoms with van der Waals surface area (Å²) in [4.78, 5) is 3.31. The van der Waals surface area contributed by atoms with Crippen LogP contribution in [0.5, 0.6) is 0 Å². The summed E-state index contributed by atoms with van der Waals surface area (Å²) >= 11 is 0. The van der Waals surface area contributed by atoms with Crippen LogP contribution in [-0.4, -0.2) is 25.5 Å². The van der Waals surface area contributed by atoms with Crippen molar-refractivity contribution in [1.82, 2.24) is 4.98 Å². The van der Waals surface area contributed by atoms with Crippen LogP contribution in [-0.2, 0) is 20.2 Å². The van der Waals surface area contributed by atoms with Crippen molar-refractivity contribution in [3.8, 4) is 0 Å². The van der Waals surface area contributed by atoms with Crippen LogP contribution in [0.2, 0.25) is 0 Å². The zero-order valence-corrected chi connectivity index (χ0v) is 10.2. The van der Waals surface area contributed by atoms with Gasteiger partial charge < -0.3 is 0 Å². The Hall–Kier alpha value is -1.29. The minimum Gasteiger partial charge on any atom is -0.256 e. The van der Waals surface area contributed by atoms with Gasteiger partial charge in [-0.3, -0.25) is 9.17 Å².